The van der Waals surface area contributed by atoms with Gasteiger partial charge in [-0.05, 0) is 36.2 Å². The van der Waals surface area contributed by atoms with E-state index in [2.05, 4.69) is 4.90 Å². The average molecular weight is 323 g/mol. The number of rotatable bonds is 4. The summed E-state index contributed by atoms with van der Waals surface area (Å²) in [5.74, 6) is 0.922. The molecule has 1 heterocycles. The van der Waals surface area contributed by atoms with Crippen molar-refractivity contribution >= 4 is 12.4 Å². The molecule has 0 amide bonds. The lowest BCUT2D eigenvalue weighted by Crippen LogP contribution is -2.26. The minimum Gasteiger partial charge on any atom is -0.457 e. The Kier molecular flexibility index (Phi) is 5.77. The smallest absolute Gasteiger partial charge is 0.130 e. The molecule has 0 bridgehead atoms. The molecule has 3 rings (SSSR count). The van der Waals surface area contributed by atoms with Crippen molar-refractivity contribution in [2.24, 2.45) is 5.73 Å². The van der Waals surface area contributed by atoms with Gasteiger partial charge in [0.15, 0.2) is 0 Å². The molecule has 3 nitrogen and oxygen atoms in total. The zero-order valence-electron chi connectivity index (χ0n) is 12.2. The summed E-state index contributed by atoms with van der Waals surface area (Å²) >= 11 is 0. The highest BCUT2D eigenvalue weighted by Gasteiger charge is 2.18. The first-order valence-electron chi connectivity index (χ1n) is 7.19. The second-order valence-electron chi connectivity index (χ2n) is 5.49. The molecule has 0 aliphatic carbocycles. The maximum absolute atomic E-state index is 13.1. The predicted molar refractivity (Wildman–Crippen MR) is 88.0 cm³/mol. The molecule has 1 fully saturated rings. The van der Waals surface area contributed by atoms with Crippen molar-refractivity contribution in [3.8, 4) is 11.5 Å². The highest BCUT2D eigenvalue weighted by atomic mass is 35.5. The number of benzene rings is 2. The van der Waals surface area contributed by atoms with E-state index in [4.69, 9.17) is 10.5 Å². The quantitative estimate of drug-likeness (QED) is 0.935. The molecule has 2 aromatic rings. The predicted octanol–water partition coefficient (Wildman–Crippen LogP) is 3.57. The van der Waals surface area contributed by atoms with Gasteiger partial charge in [-0.1, -0.05) is 18.2 Å². The van der Waals surface area contributed by atoms with Gasteiger partial charge in [0.1, 0.15) is 17.3 Å². The monoisotopic (exact) mass is 322 g/mol. The number of hydrogen-bond acceptors (Lipinski definition) is 3. The molecule has 22 heavy (non-hydrogen) atoms. The zero-order chi connectivity index (χ0) is 14.7. The Morgan fingerprint density at radius 3 is 2.55 bits per heavy atom. The van der Waals surface area contributed by atoms with E-state index in [0.717, 1.165) is 26.1 Å². The van der Waals surface area contributed by atoms with Gasteiger partial charge in [-0.3, -0.25) is 4.90 Å². The van der Waals surface area contributed by atoms with Crippen LogP contribution in [0.15, 0.2) is 48.5 Å². The van der Waals surface area contributed by atoms with Crippen LogP contribution in [0.25, 0.3) is 0 Å². The second kappa shape index (κ2) is 7.58. The van der Waals surface area contributed by atoms with Crippen molar-refractivity contribution in [3.63, 3.8) is 0 Å². The van der Waals surface area contributed by atoms with Gasteiger partial charge in [0.2, 0.25) is 0 Å². The Labute approximate surface area is 136 Å². The number of likely N-dealkylation sites (tertiary alicyclic amines) is 1. The van der Waals surface area contributed by atoms with E-state index in [0.29, 0.717) is 17.5 Å². The standard InChI is InChI=1S/C17H19FN2O.ClH/c18-14-2-1-3-17(10-14)21-16-6-4-13(5-7-16)11-20-9-8-15(19)12-20;/h1-7,10,15H,8-9,11-12,19H2;1H/t15-;/m1./s1. The molecule has 0 unspecified atom stereocenters. The summed E-state index contributed by atoms with van der Waals surface area (Å²) in [6, 6.07) is 14.4. The summed E-state index contributed by atoms with van der Waals surface area (Å²) in [5, 5.41) is 0. The Bertz CT molecular complexity index is 606. The minimum absolute atomic E-state index is 0. The number of ether oxygens (including phenoxy) is 1. The van der Waals surface area contributed by atoms with Crippen molar-refractivity contribution < 1.29 is 9.13 Å². The fourth-order valence-corrected chi connectivity index (χ4v) is 2.59. The summed E-state index contributed by atoms with van der Waals surface area (Å²) in [6.45, 7) is 2.93. The Morgan fingerprint density at radius 2 is 1.91 bits per heavy atom. The molecular formula is C17H20ClFN2O. The van der Waals surface area contributed by atoms with Gasteiger partial charge >= 0.3 is 0 Å². The zero-order valence-corrected chi connectivity index (χ0v) is 13.1. The number of nitrogens with zero attached hydrogens (tertiary/aromatic N) is 1. The molecule has 0 aromatic heterocycles. The summed E-state index contributed by atoms with van der Waals surface area (Å²) < 4.78 is 18.7. The van der Waals surface area contributed by atoms with Crippen LogP contribution in [0.4, 0.5) is 4.39 Å². The maximum Gasteiger partial charge on any atom is 0.130 e. The first kappa shape index (κ1) is 16.7. The Hall–Kier alpha value is -1.62. The molecule has 2 N–H and O–H groups in total. The van der Waals surface area contributed by atoms with Crippen molar-refractivity contribution in [2.75, 3.05) is 13.1 Å². The molecule has 1 saturated heterocycles. The molecule has 5 heteroatoms. The highest BCUT2D eigenvalue weighted by molar-refractivity contribution is 5.85. The van der Waals surface area contributed by atoms with Crippen LogP contribution in [-0.4, -0.2) is 24.0 Å². The topological polar surface area (TPSA) is 38.5 Å². The van der Waals surface area contributed by atoms with E-state index in [1.165, 1.54) is 17.7 Å². The average Bonchev–Trinajstić information content (AvgIpc) is 2.86. The fourth-order valence-electron chi connectivity index (χ4n) is 2.59. The van der Waals surface area contributed by atoms with Crippen molar-refractivity contribution in [1.82, 2.24) is 4.90 Å². The normalized spacial score (nSPS) is 18.0. The third-order valence-electron chi connectivity index (χ3n) is 3.67. The summed E-state index contributed by atoms with van der Waals surface area (Å²) in [4.78, 5) is 2.35. The lowest BCUT2D eigenvalue weighted by molar-refractivity contribution is 0.327. The van der Waals surface area contributed by atoms with Gasteiger partial charge in [0, 0.05) is 31.7 Å². The van der Waals surface area contributed by atoms with E-state index in [1.807, 2.05) is 24.3 Å². The van der Waals surface area contributed by atoms with Gasteiger partial charge in [-0.15, -0.1) is 12.4 Å². The van der Waals surface area contributed by atoms with Crippen LogP contribution in [0, 0.1) is 5.82 Å². The molecule has 2 aromatic carbocycles. The van der Waals surface area contributed by atoms with Gasteiger partial charge in [-0.25, -0.2) is 4.39 Å². The Morgan fingerprint density at radius 1 is 1.14 bits per heavy atom. The van der Waals surface area contributed by atoms with Gasteiger partial charge < -0.3 is 10.5 Å². The molecule has 0 spiro atoms. The van der Waals surface area contributed by atoms with E-state index in [9.17, 15) is 4.39 Å². The first-order valence-corrected chi connectivity index (χ1v) is 7.19. The number of nitrogens with two attached hydrogens (primary N) is 1. The van der Waals surface area contributed by atoms with Crippen LogP contribution < -0.4 is 10.5 Å². The van der Waals surface area contributed by atoms with Crippen LogP contribution >= 0.6 is 12.4 Å². The van der Waals surface area contributed by atoms with E-state index >= 15 is 0 Å². The molecule has 1 aliphatic heterocycles. The van der Waals surface area contributed by atoms with Crippen molar-refractivity contribution in [3.05, 3.63) is 59.9 Å². The van der Waals surface area contributed by atoms with E-state index in [1.54, 1.807) is 12.1 Å². The molecule has 0 saturated carbocycles. The fraction of sp³-hybridized carbons (Fsp3) is 0.294. The number of halogens is 2. The maximum atomic E-state index is 13.1. The first-order chi connectivity index (χ1) is 10.2. The largest absolute Gasteiger partial charge is 0.457 e. The van der Waals surface area contributed by atoms with E-state index < -0.39 is 0 Å². The van der Waals surface area contributed by atoms with Crippen LogP contribution in [0.2, 0.25) is 0 Å². The summed E-state index contributed by atoms with van der Waals surface area (Å²) in [5.41, 5.74) is 7.14. The molecule has 1 atom stereocenters. The highest BCUT2D eigenvalue weighted by Crippen LogP contribution is 2.23. The molecule has 0 radical (unpaired) electrons. The second-order valence-corrected chi connectivity index (χ2v) is 5.49. The lowest BCUT2D eigenvalue weighted by atomic mass is 10.2. The van der Waals surface area contributed by atoms with Gasteiger partial charge in [0.05, 0.1) is 0 Å². The Balaban J connectivity index is 0.00000176. The molecular weight excluding hydrogens is 303 g/mol. The van der Waals surface area contributed by atoms with Gasteiger partial charge in [-0.2, -0.15) is 0 Å². The van der Waals surface area contributed by atoms with Crippen LogP contribution in [-0.2, 0) is 6.54 Å². The summed E-state index contributed by atoms with van der Waals surface area (Å²) in [6.07, 6.45) is 1.07. The van der Waals surface area contributed by atoms with E-state index in [-0.39, 0.29) is 18.2 Å². The third-order valence-corrected chi connectivity index (χ3v) is 3.67. The third kappa shape index (κ3) is 4.44. The number of hydrogen-bond donors (Lipinski definition) is 1. The van der Waals surface area contributed by atoms with Gasteiger partial charge in [0.25, 0.3) is 0 Å². The minimum atomic E-state index is -0.297. The van der Waals surface area contributed by atoms with Crippen LogP contribution in [0.3, 0.4) is 0 Å². The molecule has 118 valence electrons. The van der Waals surface area contributed by atoms with Crippen molar-refractivity contribution in [2.45, 2.75) is 19.0 Å². The lowest BCUT2D eigenvalue weighted by Gasteiger charge is -2.15. The van der Waals surface area contributed by atoms with Crippen molar-refractivity contribution in [1.29, 1.82) is 0 Å². The summed E-state index contributed by atoms with van der Waals surface area (Å²) in [7, 11) is 0. The van der Waals surface area contributed by atoms with Crippen LogP contribution in [0.1, 0.15) is 12.0 Å². The van der Waals surface area contributed by atoms with Crippen LogP contribution in [0.5, 0.6) is 11.5 Å². The SMILES string of the molecule is Cl.N[C@@H]1CCN(Cc2ccc(Oc3cccc(F)c3)cc2)C1. The molecule has 1 aliphatic rings.